The number of benzene rings is 1. The normalized spacial score (nSPS) is 10.4. The van der Waals surface area contributed by atoms with Crippen LogP contribution in [0.3, 0.4) is 0 Å². The molecule has 1 N–H and O–H groups in total. The Labute approximate surface area is 93.8 Å². The van der Waals surface area contributed by atoms with Crippen LogP contribution < -0.4 is 10.1 Å². The maximum Gasteiger partial charge on any atom is 0.253 e. The lowest BCUT2D eigenvalue weighted by Crippen LogP contribution is -2.17. The van der Waals surface area contributed by atoms with Crippen LogP contribution in [-0.4, -0.2) is 24.6 Å². The van der Waals surface area contributed by atoms with E-state index in [1.54, 1.807) is 14.2 Å². The van der Waals surface area contributed by atoms with Gasteiger partial charge in [0.25, 0.3) is 5.91 Å². The zero-order valence-corrected chi connectivity index (χ0v) is 9.57. The fraction of sp³-hybridized carbons (Fsp3) is 0.250. The summed E-state index contributed by atoms with van der Waals surface area (Å²) in [7, 11) is 5.17. The molecule has 0 atom stereocenters. The highest BCUT2D eigenvalue weighted by Gasteiger charge is 2.12. The number of aryl methyl sites for hydroxylation is 1. The molecule has 4 heteroatoms. The van der Waals surface area contributed by atoms with Gasteiger partial charge in [0.15, 0.2) is 0 Å². The summed E-state index contributed by atoms with van der Waals surface area (Å²) in [6, 6.07) is 5.68. The number of carbonyl (C=O) groups is 1. The topological polar surface area (TPSA) is 43.3 Å². The lowest BCUT2D eigenvalue weighted by atomic mass is 10.1. The number of rotatable bonds is 2. The minimum absolute atomic E-state index is 0.0734. The van der Waals surface area contributed by atoms with Gasteiger partial charge in [0, 0.05) is 31.7 Å². The van der Waals surface area contributed by atoms with E-state index in [9.17, 15) is 4.79 Å². The Morgan fingerprint density at radius 1 is 1.44 bits per heavy atom. The maximum atomic E-state index is 11.6. The Morgan fingerprint density at radius 3 is 2.81 bits per heavy atom. The van der Waals surface area contributed by atoms with E-state index in [0.717, 1.165) is 16.7 Å². The van der Waals surface area contributed by atoms with Gasteiger partial charge in [-0.2, -0.15) is 0 Å². The molecule has 0 aliphatic heterocycles. The van der Waals surface area contributed by atoms with E-state index in [1.807, 2.05) is 36.0 Å². The molecule has 0 saturated carbocycles. The van der Waals surface area contributed by atoms with Crippen molar-refractivity contribution < 1.29 is 9.53 Å². The van der Waals surface area contributed by atoms with Gasteiger partial charge in [-0.15, -0.1) is 0 Å². The Hall–Kier alpha value is -1.97. The van der Waals surface area contributed by atoms with Crippen molar-refractivity contribution >= 4 is 16.8 Å². The average molecular weight is 218 g/mol. The number of fused-ring (bicyclic) bond motifs is 1. The van der Waals surface area contributed by atoms with Gasteiger partial charge >= 0.3 is 0 Å². The summed E-state index contributed by atoms with van der Waals surface area (Å²) in [6.07, 6.45) is 1.82. The van der Waals surface area contributed by atoms with Crippen LogP contribution in [0.25, 0.3) is 10.9 Å². The molecule has 0 fully saturated rings. The second kappa shape index (κ2) is 3.89. The van der Waals surface area contributed by atoms with E-state index in [0.29, 0.717) is 5.56 Å². The van der Waals surface area contributed by atoms with Crippen LogP contribution in [0.1, 0.15) is 10.4 Å². The second-order valence-electron chi connectivity index (χ2n) is 3.62. The van der Waals surface area contributed by atoms with Crippen LogP contribution in [-0.2, 0) is 7.05 Å². The number of amides is 1. The molecular formula is C12H14N2O2. The monoisotopic (exact) mass is 218 g/mol. The van der Waals surface area contributed by atoms with Crippen molar-refractivity contribution in [3.8, 4) is 5.75 Å². The van der Waals surface area contributed by atoms with E-state index >= 15 is 0 Å². The predicted molar refractivity (Wildman–Crippen MR) is 62.9 cm³/mol. The van der Waals surface area contributed by atoms with Gasteiger partial charge in [-0.25, -0.2) is 0 Å². The van der Waals surface area contributed by atoms with Crippen LogP contribution >= 0.6 is 0 Å². The molecule has 0 aliphatic carbocycles. The number of nitrogens with zero attached hydrogens (tertiary/aromatic N) is 1. The van der Waals surface area contributed by atoms with Crippen LogP contribution in [0, 0.1) is 0 Å². The van der Waals surface area contributed by atoms with Crippen LogP contribution in [0.15, 0.2) is 24.4 Å². The van der Waals surface area contributed by atoms with Gasteiger partial charge < -0.3 is 14.6 Å². The predicted octanol–water partition coefficient (Wildman–Crippen LogP) is 1.55. The summed E-state index contributed by atoms with van der Waals surface area (Å²) in [5.74, 6) is 0.716. The van der Waals surface area contributed by atoms with Gasteiger partial charge in [0.05, 0.1) is 18.2 Å². The molecule has 1 heterocycles. The van der Waals surface area contributed by atoms with Crippen LogP contribution in [0.5, 0.6) is 5.75 Å². The number of methoxy groups -OCH3 is 1. The number of hydrogen-bond donors (Lipinski definition) is 1. The SMILES string of the molecule is CNC(=O)c1cn(C)c2cc(OC)ccc12. The van der Waals surface area contributed by atoms with E-state index in [-0.39, 0.29) is 5.91 Å². The maximum absolute atomic E-state index is 11.6. The van der Waals surface area contributed by atoms with Gasteiger partial charge in [0.1, 0.15) is 5.75 Å². The third-order valence-electron chi connectivity index (χ3n) is 2.67. The Bertz CT molecular complexity index is 543. The van der Waals surface area contributed by atoms with E-state index in [2.05, 4.69) is 5.32 Å². The molecule has 0 radical (unpaired) electrons. The molecule has 0 saturated heterocycles. The molecule has 1 amide bonds. The molecule has 0 bridgehead atoms. The van der Waals surface area contributed by atoms with Crippen molar-refractivity contribution in [1.29, 1.82) is 0 Å². The molecule has 1 aromatic carbocycles. The summed E-state index contributed by atoms with van der Waals surface area (Å²) >= 11 is 0. The molecule has 2 aromatic rings. The molecule has 4 nitrogen and oxygen atoms in total. The van der Waals surface area contributed by atoms with Gasteiger partial charge in [-0.3, -0.25) is 4.79 Å². The fourth-order valence-electron chi connectivity index (χ4n) is 1.81. The van der Waals surface area contributed by atoms with Crippen molar-refractivity contribution in [3.63, 3.8) is 0 Å². The van der Waals surface area contributed by atoms with Gasteiger partial charge in [0.2, 0.25) is 0 Å². The van der Waals surface area contributed by atoms with E-state index in [4.69, 9.17) is 4.74 Å². The van der Waals surface area contributed by atoms with E-state index in [1.165, 1.54) is 0 Å². The summed E-state index contributed by atoms with van der Waals surface area (Å²) in [5.41, 5.74) is 1.67. The molecule has 0 unspecified atom stereocenters. The van der Waals surface area contributed by atoms with Crippen molar-refractivity contribution in [1.82, 2.24) is 9.88 Å². The van der Waals surface area contributed by atoms with Crippen LogP contribution in [0.2, 0.25) is 0 Å². The highest BCUT2D eigenvalue weighted by molar-refractivity contribution is 6.07. The average Bonchev–Trinajstić information content (AvgIpc) is 2.65. The second-order valence-corrected chi connectivity index (χ2v) is 3.62. The highest BCUT2D eigenvalue weighted by Crippen LogP contribution is 2.24. The molecule has 0 aliphatic rings. The molecule has 0 spiro atoms. The third-order valence-corrected chi connectivity index (χ3v) is 2.67. The largest absolute Gasteiger partial charge is 0.497 e. The number of aromatic nitrogens is 1. The molecule has 84 valence electrons. The Balaban J connectivity index is 2.67. The zero-order valence-electron chi connectivity index (χ0n) is 9.57. The first-order valence-electron chi connectivity index (χ1n) is 5.02. The summed E-state index contributed by atoms with van der Waals surface area (Å²) in [6.45, 7) is 0. The lowest BCUT2D eigenvalue weighted by molar-refractivity contribution is 0.0964. The smallest absolute Gasteiger partial charge is 0.253 e. The Morgan fingerprint density at radius 2 is 2.19 bits per heavy atom. The van der Waals surface area contributed by atoms with Gasteiger partial charge in [-0.1, -0.05) is 0 Å². The molecule has 16 heavy (non-hydrogen) atoms. The molecule has 1 aromatic heterocycles. The molecular weight excluding hydrogens is 204 g/mol. The summed E-state index contributed by atoms with van der Waals surface area (Å²) in [4.78, 5) is 11.6. The molecule has 2 rings (SSSR count). The summed E-state index contributed by atoms with van der Waals surface area (Å²) < 4.78 is 7.08. The first kappa shape index (κ1) is 10.5. The standard InChI is InChI=1S/C12H14N2O2/c1-13-12(15)10-7-14(2)11-6-8(16-3)4-5-9(10)11/h4-7H,1-3H3,(H,13,15). The Kier molecular flexibility index (Phi) is 2.56. The minimum Gasteiger partial charge on any atom is -0.497 e. The van der Waals surface area contributed by atoms with Crippen molar-refractivity contribution in [2.45, 2.75) is 0 Å². The van der Waals surface area contributed by atoms with Crippen molar-refractivity contribution in [2.75, 3.05) is 14.2 Å². The number of carbonyl (C=O) groups excluding carboxylic acids is 1. The zero-order chi connectivity index (χ0) is 11.7. The summed E-state index contributed by atoms with van der Waals surface area (Å²) in [5, 5.41) is 3.56. The number of nitrogens with one attached hydrogen (secondary N) is 1. The fourth-order valence-corrected chi connectivity index (χ4v) is 1.81. The first-order chi connectivity index (χ1) is 7.67. The first-order valence-corrected chi connectivity index (χ1v) is 5.02. The van der Waals surface area contributed by atoms with Crippen LogP contribution in [0.4, 0.5) is 0 Å². The third kappa shape index (κ3) is 1.52. The highest BCUT2D eigenvalue weighted by atomic mass is 16.5. The number of ether oxygens (including phenoxy) is 1. The minimum atomic E-state index is -0.0734. The lowest BCUT2D eigenvalue weighted by Gasteiger charge is -2.01. The van der Waals surface area contributed by atoms with Crippen molar-refractivity contribution in [2.24, 2.45) is 7.05 Å². The van der Waals surface area contributed by atoms with Crippen molar-refractivity contribution in [3.05, 3.63) is 30.0 Å². The number of hydrogen-bond acceptors (Lipinski definition) is 2. The van der Waals surface area contributed by atoms with Gasteiger partial charge in [-0.05, 0) is 12.1 Å². The van der Waals surface area contributed by atoms with E-state index < -0.39 is 0 Å². The quantitative estimate of drug-likeness (QED) is 0.831.